The molecule has 1 aromatic carbocycles. The first kappa shape index (κ1) is 16.2. The Balaban J connectivity index is 1.50. The lowest BCUT2D eigenvalue weighted by atomic mass is 9.92. The average Bonchev–Trinajstić information content (AvgIpc) is 3.03. The highest BCUT2D eigenvalue weighted by molar-refractivity contribution is 5.37. The van der Waals surface area contributed by atoms with Crippen LogP contribution >= 0.6 is 0 Å². The Morgan fingerprint density at radius 3 is 3.00 bits per heavy atom. The third-order valence-corrected chi connectivity index (χ3v) is 5.02. The Kier molecular flexibility index (Phi) is 5.13. The molecule has 1 heterocycles. The monoisotopic (exact) mass is 320 g/mol. The van der Waals surface area contributed by atoms with Crippen LogP contribution in [0.4, 0.5) is 5.69 Å². The van der Waals surface area contributed by atoms with Crippen molar-refractivity contribution in [2.45, 2.75) is 44.2 Å². The van der Waals surface area contributed by atoms with E-state index in [9.17, 15) is 15.2 Å². The molecule has 6 heteroatoms. The zero-order valence-electron chi connectivity index (χ0n) is 13.3. The molecule has 1 N–H and O–H groups in total. The highest BCUT2D eigenvalue weighted by atomic mass is 16.6. The molecule has 1 aliphatic heterocycles. The van der Waals surface area contributed by atoms with Crippen LogP contribution in [0.1, 0.15) is 32.1 Å². The Labute approximate surface area is 136 Å². The standard InChI is InChI=1S/C17H24N2O4/c20-15(11-18-9-3-5-13-4-1-8-17(13)18)12-23-16-7-2-6-14(10-16)19(21)22/h2,6-7,10,13,15,17,20H,1,3-5,8-9,11-12H2. The van der Waals surface area contributed by atoms with Crippen LogP contribution in [-0.4, -0.2) is 46.8 Å². The van der Waals surface area contributed by atoms with Gasteiger partial charge in [0.1, 0.15) is 18.5 Å². The number of piperidine rings is 1. The molecule has 6 nitrogen and oxygen atoms in total. The lowest BCUT2D eigenvalue weighted by molar-refractivity contribution is -0.384. The van der Waals surface area contributed by atoms with E-state index in [1.54, 1.807) is 12.1 Å². The SMILES string of the molecule is O=[N+]([O-])c1cccc(OCC(O)CN2CCCC3CCCC32)c1. The molecule has 1 aliphatic carbocycles. The van der Waals surface area contributed by atoms with Crippen molar-refractivity contribution in [2.75, 3.05) is 19.7 Å². The van der Waals surface area contributed by atoms with E-state index >= 15 is 0 Å². The number of nitro groups is 1. The van der Waals surface area contributed by atoms with Gasteiger partial charge in [0.25, 0.3) is 5.69 Å². The van der Waals surface area contributed by atoms with Gasteiger partial charge in [-0.2, -0.15) is 0 Å². The van der Waals surface area contributed by atoms with E-state index in [-0.39, 0.29) is 12.3 Å². The molecule has 0 radical (unpaired) electrons. The maximum atomic E-state index is 10.8. The Bertz CT molecular complexity index is 551. The fourth-order valence-corrected chi connectivity index (χ4v) is 3.99. The fraction of sp³-hybridized carbons (Fsp3) is 0.647. The molecule has 0 amide bonds. The minimum atomic E-state index is -0.575. The Morgan fingerprint density at radius 2 is 2.17 bits per heavy atom. The van der Waals surface area contributed by atoms with Crippen molar-refractivity contribution in [1.82, 2.24) is 4.90 Å². The summed E-state index contributed by atoms with van der Waals surface area (Å²) in [5, 5.41) is 21.0. The second-order valence-electron chi connectivity index (χ2n) is 6.61. The van der Waals surface area contributed by atoms with Gasteiger partial charge in [0.15, 0.2) is 0 Å². The van der Waals surface area contributed by atoms with Crippen LogP contribution in [-0.2, 0) is 0 Å². The van der Waals surface area contributed by atoms with Crippen molar-refractivity contribution in [3.63, 3.8) is 0 Å². The molecule has 3 unspecified atom stereocenters. The Morgan fingerprint density at radius 1 is 1.35 bits per heavy atom. The summed E-state index contributed by atoms with van der Waals surface area (Å²) < 4.78 is 5.53. The second kappa shape index (κ2) is 7.27. The third kappa shape index (κ3) is 4.00. The summed E-state index contributed by atoms with van der Waals surface area (Å²) in [6.07, 6.45) is 5.81. The molecular weight excluding hydrogens is 296 g/mol. The number of nitrogens with zero attached hydrogens (tertiary/aromatic N) is 2. The zero-order valence-corrected chi connectivity index (χ0v) is 13.3. The molecule has 1 saturated heterocycles. The first-order chi connectivity index (χ1) is 11.1. The van der Waals surface area contributed by atoms with Crippen LogP contribution in [0.15, 0.2) is 24.3 Å². The van der Waals surface area contributed by atoms with E-state index in [2.05, 4.69) is 4.90 Å². The number of non-ortho nitro benzene ring substituents is 1. The second-order valence-corrected chi connectivity index (χ2v) is 6.61. The summed E-state index contributed by atoms with van der Waals surface area (Å²) in [6, 6.07) is 6.70. The zero-order chi connectivity index (χ0) is 16.2. The van der Waals surface area contributed by atoms with Crippen LogP contribution in [0.25, 0.3) is 0 Å². The summed E-state index contributed by atoms with van der Waals surface area (Å²) in [6.45, 7) is 1.83. The van der Waals surface area contributed by atoms with Crippen molar-refractivity contribution in [2.24, 2.45) is 5.92 Å². The van der Waals surface area contributed by atoms with Gasteiger partial charge in [-0.25, -0.2) is 0 Å². The number of ether oxygens (including phenoxy) is 1. The summed E-state index contributed by atoms with van der Waals surface area (Å²) in [4.78, 5) is 12.7. The summed E-state index contributed by atoms with van der Waals surface area (Å²) in [5.74, 6) is 1.23. The van der Waals surface area contributed by atoms with E-state index in [1.165, 1.54) is 44.2 Å². The largest absolute Gasteiger partial charge is 0.491 e. The van der Waals surface area contributed by atoms with Gasteiger partial charge in [-0.15, -0.1) is 0 Å². The Hall–Kier alpha value is -1.66. The van der Waals surface area contributed by atoms with Crippen molar-refractivity contribution >= 4 is 5.69 Å². The van der Waals surface area contributed by atoms with Crippen LogP contribution in [0.2, 0.25) is 0 Å². The van der Waals surface area contributed by atoms with Crippen LogP contribution in [0.3, 0.4) is 0 Å². The van der Waals surface area contributed by atoms with E-state index < -0.39 is 11.0 Å². The number of hydrogen-bond donors (Lipinski definition) is 1. The number of nitro benzene ring substituents is 1. The minimum absolute atomic E-state index is 0.00168. The molecule has 3 rings (SSSR count). The number of fused-ring (bicyclic) bond motifs is 1. The maximum Gasteiger partial charge on any atom is 0.273 e. The highest BCUT2D eigenvalue weighted by Crippen LogP contribution is 2.36. The smallest absolute Gasteiger partial charge is 0.273 e. The van der Waals surface area contributed by atoms with Gasteiger partial charge in [0, 0.05) is 18.7 Å². The molecule has 23 heavy (non-hydrogen) atoms. The lowest BCUT2D eigenvalue weighted by Gasteiger charge is -2.38. The van der Waals surface area contributed by atoms with Gasteiger partial charge < -0.3 is 9.84 Å². The molecule has 0 bridgehead atoms. The van der Waals surface area contributed by atoms with Crippen molar-refractivity contribution < 1.29 is 14.8 Å². The predicted molar refractivity (Wildman–Crippen MR) is 86.5 cm³/mol. The van der Waals surface area contributed by atoms with E-state index in [4.69, 9.17) is 4.74 Å². The number of likely N-dealkylation sites (tertiary alicyclic amines) is 1. The van der Waals surface area contributed by atoms with Crippen molar-refractivity contribution in [3.05, 3.63) is 34.4 Å². The summed E-state index contributed by atoms with van der Waals surface area (Å²) >= 11 is 0. The molecule has 1 saturated carbocycles. The van der Waals surface area contributed by atoms with E-state index in [0.29, 0.717) is 18.3 Å². The van der Waals surface area contributed by atoms with Gasteiger partial charge in [-0.3, -0.25) is 15.0 Å². The lowest BCUT2D eigenvalue weighted by Crippen LogP contribution is -2.47. The maximum absolute atomic E-state index is 10.8. The van der Waals surface area contributed by atoms with E-state index in [0.717, 1.165) is 12.5 Å². The number of aliphatic hydroxyl groups is 1. The third-order valence-electron chi connectivity index (χ3n) is 5.02. The van der Waals surface area contributed by atoms with Gasteiger partial charge in [0.2, 0.25) is 0 Å². The molecule has 3 atom stereocenters. The molecule has 0 spiro atoms. The van der Waals surface area contributed by atoms with Crippen LogP contribution in [0.5, 0.6) is 5.75 Å². The number of aliphatic hydroxyl groups excluding tert-OH is 1. The normalized spacial score (nSPS) is 25.8. The van der Waals surface area contributed by atoms with Crippen LogP contribution < -0.4 is 4.74 Å². The summed E-state index contributed by atoms with van der Waals surface area (Å²) in [7, 11) is 0. The number of rotatable bonds is 6. The molecule has 126 valence electrons. The van der Waals surface area contributed by atoms with Gasteiger partial charge >= 0.3 is 0 Å². The number of hydrogen-bond acceptors (Lipinski definition) is 5. The first-order valence-corrected chi connectivity index (χ1v) is 8.43. The number of benzene rings is 1. The summed E-state index contributed by atoms with van der Waals surface area (Å²) in [5.41, 5.74) is 0.00168. The number of β-amino-alcohol motifs (C(OH)–C–C–N with tert-alkyl or cyclic N) is 1. The minimum Gasteiger partial charge on any atom is -0.491 e. The first-order valence-electron chi connectivity index (χ1n) is 8.43. The molecule has 0 aromatic heterocycles. The van der Waals surface area contributed by atoms with E-state index in [1.807, 2.05) is 0 Å². The topological polar surface area (TPSA) is 75.8 Å². The average molecular weight is 320 g/mol. The molecule has 1 aromatic rings. The fourth-order valence-electron chi connectivity index (χ4n) is 3.99. The predicted octanol–water partition coefficient (Wildman–Crippen LogP) is 2.60. The van der Waals surface area contributed by atoms with Gasteiger partial charge in [0.05, 0.1) is 11.0 Å². The molecule has 2 aliphatic rings. The quantitative estimate of drug-likeness (QED) is 0.644. The van der Waals surface area contributed by atoms with Crippen LogP contribution in [0, 0.1) is 16.0 Å². The molecule has 2 fully saturated rings. The van der Waals surface area contributed by atoms with Gasteiger partial charge in [-0.05, 0) is 44.2 Å². The highest BCUT2D eigenvalue weighted by Gasteiger charge is 2.35. The molecular formula is C17H24N2O4. The van der Waals surface area contributed by atoms with Crippen molar-refractivity contribution in [3.8, 4) is 5.75 Å². The van der Waals surface area contributed by atoms with Crippen molar-refractivity contribution in [1.29, 1.82) is 0 Å². The van der Waals surface area contributed by atoms with Gasteiger partial charge in [-0.1, -0.05) is 12.5 Å².